The van der Waals surface area contributed by atoms with Crippen molar-refractivity contribution in [3.63, 3.8) is 0 Å². The fourth-order valence-corrected chi connectivity index (χ4v) is 2.52. The predicted octanol–water partition coefficient (Wildman–Crippen LogP) is 3.33. The Morgan fingerprint density at radius 1 is 1.58 bits per heavy atom. The van der Waals surface area contributed by atoms with Gasteiger partial charge in [-0.1, -0.05) is 11.6 Å². The molecule has 1 heterocycles. The molecule has 1 aromatic rings. The molecule has 1 aliphatic rings. The fourth-order valence-electron chi connectivity index (χ4n) is 2.04. The third-order valence-corrected chi connectivity index (χ3v) is 3.57. The maximum absolute atomic E-state index is 13.0. The molecule has 0 amide bonds. The lowest BCUT2D eigenvalue weighted by atomic mass is 10.1. The van der Waals surface area contributed by atoms with Crippen molar-refractivity contribution in [3.8, 4) is 0 Å². The Hall–Kier alpha value is -0.910. The molecule has 0 unspecified atom stereocenters. The smallest absolute Gasteiger partial charge is 0.171 e. The van der Waals surface area contributed by atoms with Crippen LogP contribution >= 0.6 is 23.8 Å². The topological polar surface area (TPSA) is 33.3 Å². The number of halogens is 2. The lowest BCUT2D eigenvalue weighted by Crippen LogP contribution is -2.42. The maximum atomic E-state index is 13.0. The first-order valence-corrected chi connectivity index (χ1v) is 6.99. The standard InChI is InChI=1S/C13H16ClFN2OS/c1-8(12-3-2-6-18-12)16-13(19)17-9-4-5-11(15)10(14)7-9/h4-5,7-8,12H,2-3,6H2,1H3,(H2,16,17,19)/t8-,12-/m0/s1. The van der Waals surface area contributed by atoms with Crippen molar-refractivity contribution < 1.29 is 9.13 Å². The second-order valence-corrected chi connectivity index (χ2v) is 5.38. The van der Waals surface area contributed by atoms with Crippen LogP contribution in [0.25, 0.3) is 0 Å². The van der Waals surface area contributed by atoms with Crippen LogP contribution < -0.4 is 10.6 Å². The lowest BCUT2D eigenvalue weighted by molar-refractivity contribution is 0.0895. The Kier molecular flexibility index (Phi) is 4.96. The highest BCUT2D eigenvalue weighted by molar-refractivity contribution is 7.80. The zero-order valence-electron chi connectivity index (χ0n) is 10.6. The van der Waals surface area contributed by atoms with Gasteiger partial charge in [-0.05, 0) is 50.2 Å². The Balaban J connectivity index is 1.88. The van der Waals surface area contributed by atoms with Gasteiger partial charge in [0.05, 0.1) is 17.2 Å². The fraction of sp³-hybridized carbons (Fsp3) is 0.462. The first kappa shape index (κ1) is 14.5. The molecule has 1 fully saturated rings. The molecule has 2 atom stereocenters. The van der Waals surface area contributed by atoms with Crippen LogP contribution in [0, 0.1) is 5.82 Å². The number of hydrogen-bond acceptors (Lipinski definition) is 2. The van der Waals surface area contributed by atoms with Crippen LogP contribution in [0.4, 0.5) is 10.1 Å². The minimum absolute atomic E-state index is 0.0694. The van der Waals surface area contributed by atoms with Crippen LogP contribution in [0.15, 0.2) is 18.2 Å². The van der Waals surface area contributed by atoms with Gasteiger partial charge in [-0.15, -0.1) is 0 Å². The van der Waals surface area contributed by atoms with Gasteiger partial charge in [0.25, 0.3) is 0 Å². The third-order valence-electron chi connectivity index (χ3n) is 3.06. The molecular weight excluding hydrogens is 287 g/mol. The average molecular weight is 303 g/mol. The summed E-state index contributed by atoms with van der Waals surface area (Å²) in [4.78, 5) is 0. The Morgan fingerprint density at radius 3 is 3.00 bits per heavy atom. The summed E-state index contributed by atoms with van der Waals surface area (Å²) in [6.07, 6.45) is 2.32. The van der Waals surface area contributed by atoms with E-state index in [-0.39, 0.29) is 17.2 Å². The van der Waals surface area contributed by atoms with Crippen molar-refractivity contribution in [2.45, 2.75) is 31.9 Å². The Bertz CT molecular complexity index is 466. The Morgan fingerprint density at radius 2 is 2.37 bits per heavy atom. The van der Waals surface area contributed by atoms with E-state index in [0.717, 1.165) is 19.4 Å². The SMILES string of the molecule is C[C@H](NC(=S)Nc1ccc(F)c(Cl)c1)[C@@H]1CCCO1. The van der Waals surface area contributed by atoms with Gasteiger partial charge in [-0.2, -0.15) is 0 Å². The predicted molar refractivity (Wildman–Crippen MR) is 79.2 cm³/mol. The molecule has 6 heteroatoms. The molecule has 1 saturated heterocycles. The van der Waals surface area contributed by atoms with Crippen LogP contribution in [0.2, 0.25) is 5.02 Å². The van der Waals surface area contributed by atoms with Gasteiger partial charge in [0.1, 0.15) is 5.82 Å². The number of hydrogen-bond donors (Lipinski definition) is 2. The number of thiocarbonyl (C=S) groups is 1. The second kappa shape index (κ2) is 6.50. The van der Waals surface area contributed by atoms with Gasteiger partial charge >= 0.3 is 0 Å². The highest BCUT2D eigenvalue weighted by atomic mass is 35.5. The molecule has 0 saturated carbocycles. The number of rotatable bonds is 3. The molecular formula is C13H16ClFN2OS. The van der Waals surface area contributed by atoms with Crippen molar-refractivity contribution in [2.24, 2.45) is 0 Å². The highest BCUT2D eigenvalue weighted by Gasteiger charge is 2.22. The van der Waals surface area contributed by atoms with E-state index in [4.69, 9.17) is 28.6 Å². The first-order valence-electron chi connectivity index (χ1n) is 6.20. The van der Waals surface area contributed by atoms with E-state index in [0.29, 0.717) is 10.8 Å². The molecule has 0 spiro atoms. The third kappa shape index (κ3) is 4.03. The Labute approximate surface area is 122 Å². The van der Waals surface area contributed by atoms with Crippen molar-refractivity contribution >= 4 is 34.6 Å². The summed E-state index contributed by atoms with van der Waals surface area (Å²) in [6.45, 7) is 2.84. The van der Waals surface area contributed by atoms with Crippen LogP contribution in [0.3, 0.4) is 0 Å². The van der Waals surface area contributed by atoms with E-state index in [1.165, 1.54) is 12.1 Å². The summed E-state index contributed by atoms with van der Waals surface area (Å²) in [7, 11) is 0. The zero-order valence-corrected chi connectivity index (χ0v) is 12.2. The van der Waals surface area contributed by atoms with Crippen molar-refractivity contribution in [3.05, 3.63) is 29.0 Å². The minimum atomic E-state index is -0.446. The number of ether oxygens (including phenoxy) is 1. The lowest BCUT2D eigenvalue weighted by Gasteiger charge is -2.22. The molecule has 3 nitrogen and oxygen atoms in total. The largest absolute Gasteiger partial charge is 0.376 e. The number of nitrogens with one attached hydrogen (secondary N) is 2. The number of anilines is 1. The van der Waals surface area contributed by atoms with E-state index >= 15 is 0 Å². The van der Waals surface area contributed by atoms with E-state index < -0.39 is 5.82 Å². The summed E-state index contributed by atoms with van der Waals surface area (Å²) < 4.78 is 18.6. The van der Waals surface area contributed by atoms with Gasteiger partial charge in [0.2, 0.25) is 0 Å². The number of benzene rings is 1. The molecule has 0 aliphatic carbocycles. The molecule has 1 aromatic carbocycles. The second-order valence-electron chi connectivity index (χ2n) is 4.57. The quantitative estimate of drug-likeness (QED) is 0.839. The average Bonchev–Trinajstić information content (AvgIpc) is 2.87. The summed E-state index contributed by atoms with van der Waals surface area (Å²) >= 11 is 10.9. The molecule has 104 valence electrons. The monoisotopic (exact) mass is 302 g/mol. The van der Waals surface area contributed by atoms with Crippen molar-refractivity contribution in [1.82, 2.24) is 5.32 Å². The van der Waals surface area contributed by atoms with Gasteiger partial charge in [-0.25, -0.2) is 4.39 Å². The normalized spacial score (nSPS) is 20.1. The van der Waals surface area contributed by atoms with E-state index in [1.807, 2.05) is 6.92 Å². The van der Waals surface area contributed by atoms with E-state index in [9.17, 15) is 4.39 Å². The first-order chi connectivity index (χ1) is 9.06. The van der Waals surface area contributed by atoms with Crippen LogP contribution in [0.5, 0.6) is 0 Å². The highest BCUT2D eigenvalue weighted by Crippen LogP contribution is 2.19. The minimum Gasteiger partial charge on any atom is -0.376 e. The molecule has 2 N–H and O–H groups in total. The van der Waals surface area contributed by atoms with Crippen molar-refractivity contribution in [2.75, 3.05) is 11.9 Å². The maximum Gasteiger partial charge on any atom is 0.171 e. The van der Waals surface area contributed by atoms with Crippen LogP contribution in [-0.4, -0.2) is 23.9 Å². The van der Waals surface area contributed by atoms with Gasteiger partial charge in [-0.3, -0.25) is 0 Å². The summed E-state index contributed by atoms with van der Waals surface area (Å²) in [6, 6.07) is 4.53. The summed E-state index contributed by atoms with van der Waals surface area (Å²) in [5, 5.41) is 6.69. The van der Waals surface area contributed by atoms with Gasteiger partial charge < -0.3 is 15.4 Å². The molecule has 0 radical (unpaired) electrons. The van der Waals surface area contributed by atoms with Crippen LogP contribution in [0.1, 0.15) is 19.8 Å². The molecule has 19 heavy (non-hydrogen) atoms. The molecule has 2 rings (SSSR count). The van der Waals surface area contributed by atoms with Gasteiger partial charge in [0.15, 0.2) is 5.11 Å². The summed E-state index contributed by atoms with van der Waals surface area (Å²) in [5.74, 6) is -0.446. The summed E-state index contributed by atoms with van der Waals surface area (Å²) in [5.41, 5.74) is 0.656. The van der Waals surface area contributed by atoms with E-state index in [2.05, 4.69) is 10.6 Å². The molecule has 0 bridgehead atoms. The van der Waals surface area contributed by atoms with Gasteiger partial charge in [0, 0.05) is 12.3 Å². The molecule has 0 aromatic heterocycles. The molecule has 1 aliphatic heterocycles. The zero-order chi connectivity index (χ0) is 13.8. The van der Waals surface area contributed by atoms with Crippen molar-refractivity contribution in [1.29, 1.82) is 0 Å². The van der Waals surface area contributed by atoms with Crippen LogP contribution in [-0.2, 0) is 4.74 Å². The van der Waals surface area contributed by atoms with E-state index in [1.54, 1.807) is 6.07 Å².